The first-order valence-corrected chi connectivity index (χ1v) is 4.38. The summed E-state index contributed by atoms with van der Waals surface area (Å²) in [5, 5.41) is 0. The first-order valence-electron chi connectivity index (χ1n) is 1.46. The summed E-state index contributed by atoms with van der Waals surface area (Å²) in [6.07, 6.45) is 0. The minimum Gasteiger partial charge on any atom is -0.822 e. The average molecular weight is 383 g/mol. The van der Waals surface area contributed by atoms with E-state index in [1.807, 2.05) is 0 Å². The normalized spacial score (nSPS) is 8.43. The third kappa shape index (κ3) is 794. The van der Waals surface area contributed by atoms with Crippen molar-refractivity contribution in [3.63, 3.8) is 0 Å². The maximum Gasteiger partial charge on any atom is 2.00 e. The van der Waals surface area contributed by atoms with Gasteiger partial charge in [-0.2, -0.15) is 15.6 Å². The van der Waals surface area contributed by atoms with E-state index in [9.17, 15) is 0 Å². The van der Waals surface area contributed by atoms with Gasteiger partial charge in [0.1, 0.15) is 0 Å². The fourth-order valence-electron chi connectivity index (χ4n) is 0. The van der Waals surface area contributed by atoms with Gasteiger partial charge in [-0.05, 0) is 0 Å². The fraction of sp³-hybridized carbons (Fsp3) is 0. The molecule has 9 nitrogen and oxygen atoms in total. The molecule has 0 amide bonds. The van der Waals surface area contributed by atoms with Gasteiger partial charge in [0.25, 0.3) is 0 Å². The van der Waals surface area contributed by atoms with Crippen LogP contribution in [-0.4, -0.2) is 0 Å². The van der Waals surface area contributed by atoms with E-state index < -0.39 is 15.6 Å². The molecule has 0 bridgehead atoms. The molecule has 14 heavy (non-hydrogen) atoms. The molecule has 96 valence electrons. The molecule has 0 heterocycles. The van der Waals surface area contributed by atoms with Crippen LogP contribution in [0.15, 0.2) is 0 Å². The summed E-state index contributed by atoms with van der Waals surface area (Å²) in [6, 6.07) is 0. The molecule has 0 fully saturated rings. The maximum absolute atomic E-state index is 8.55. The molecule has 0 unspecified atom stereocenters. The summed E-state index contributed by atoms with van der Waals surface area (Å²) in [4.78, 5) is 51.3. The molecule has 0 rings (SSSR count). The van der Waals surface area contributed by atoms with Gasteiger partial charge >= 0.3 is 49.5 Å². The molecule has 0 atom stereocenters. The Balaban J connectivity index is -0.0000000178. The van der Waals surface area contributed by atoms with Crippen molar-refractivity contribution in [2.75, 3.05) is 0 Å². The summed E-state index contributed by atoms with van der Waals surface area (Å²) in [5.41, 5.74) is 0. The predicted octanol–water partition coefficient (Wildman–Crippen LogP) is -5.49. The minimum absolute atomic E-state index is 0. The molecular weight excluding hydrogens is 380 g/mol. The van der Waals surface area contributed by atoms with E-state index in [1.165, 1.54) is 0 Å². The van der Waals surface area contributed by atoms with E-state index in [0.29, 0.717) is 0 Å². The molecule has 0 aliphatic carbocycles. The van der Waals surface area contributed by atoms with Crippen LogP contribution in [-0.2, 0) is 58.6 Å². The van der Waals surface area contributed by atoms with E-state index in [0.717, 1.165) is 0 Å². The number of hydrogen-bond acceptors (Lipinski definition) is 9. The zero-order valence-corrected chi connectivity index (χ0v) is 10.6. The Morgan fingerprint density at radius 1 is 0.571 bits per heavy atom. The third-order valence-corrected chi connectivity index (χ3v) is 0. The van der Waals surface area contributed by atoms with Crippen molar-refractivity contribution in [2.24, 2.45) is 0 Å². The monoisotopic (exact) mass is 381 g/mol. The van der Waals surface area contributed by atoms with E-state index >= 15 is 0 Å². The minimum atomic E-state index is -5.39. The van der Waals surface area contributed by atoms with Crippen LogP contribution in [0.5, 0.6) is 0 Å². The topological polar surface area (TPSA) is 208 Å². The van der Waals surface area contributed by atoms with Crippen molar-refractivity contribution < 1.29 is 88.0 Å². The van der Waals surface area contributed by atoms with Gasteiger partial charge in [-0.25, -0.2) is 0 Å². The average Bonchev–Trinajstić information content (AvgIpc) is 1.12. The summed E-state index contributed by atoms with van der Waals surface area (Å²) in [5.74, 6) is 0. The van der Waals surface area contributed by atoms with Gasteiger partial charge in [-0.3, -0.25) is 0 Å². The largest absolute Gasteiger partial charge is 2.00 e. The van der Waals surface area contributed by atoms with E-state index in [-0.39, 0.29) is 55.6 Å². The molecule has 0 saturated carbocycles. The van der Waals surface area contributed by atoms with Crippen molar-refractivity contribution in [1.29, 1.82) is 0 Å². The maximum atomic E-state index is 8.55. The van der Waals surface area contributed by atoms with E-state index in [4.69, 9.17) is 38.5 Å². The van der Waals surface area contributed by atoms with Crippen LogP contribution in [0.1, 0.15) is 0 Å². The van der Waals surface area contributed by atoms with Crippen LogP contribution in [0.2, 0.25) is 0 Å². The van der Waals surface area contributed by atoms with Gasteiger partial charge in [0.2, 0.25) is 0 Å². The number of hydrogen-bond donors (Lipinski definition) is 1. The Morgan fingerprint density at radius 3 is 0.571 bits per heavy atom. The molecular formula is H3NNi3O8P2. The molecule has 0 radical (unpaired) electrons. The predicted molar refractivity (Wildman–Crippen MR) is 20.2 cm³/mol. The van der Waals surface area contributed by atoms with Crippen molar-refractivity contribution in [3.8, 4) is 0 Å². The number of phosphoric acid groups is 2. The molecule has 14 heteroatoms. The Labute approximate surface area is 110 Å². The van der Waals surface area contributed by atoms with Crippen molar-refractivity contribution in [3.05, 3.63) is 0 Å². The van der Waals surface area contributed by atoms with Crippen LogP contribution < -0.4 is 35.5 Å². The van der Waals surface area contributed by atoms with Crippen LogP contribution in [0.4, 0.5) is 0 Å². The molecule has 0 aromatic heterocycles. The number of rotatable bonds is 0. The van der Waals surface area contributed by atoms with Crippen LogP contribution in [0.3, 0.4) is 0 Å². The van der Waals surface area contributed by atoms with Crippen LogP contribution >= 0.6 is 15.6 Å². The van der Waals surface area contributed by atoms with Gasteiger partial charge in [-0.15, -0.1) is 0 Å². The van der Waals surface area contributed by atoms with E-state index in [2.05, 4.69) is 0 Å². The van der Waals surface area contributed by atoms with E-state index in [1.54, 1.807) is 0 Å². The molecule has 0 aromatic rings. The molecule has 3 N–H and O–H groups in total. The summed E-state index contributed by atoms with van der Waals surface area (Å²) in [6.45, 7) is 0. The SMILES string of the molecule is N.O=P([O-])([O-])[O-].O=P([O-])([O-])[O-].[Ni+2].[Ni+2].[Ni+2]. The van der Waals surface area contributed by atoms with Gasteiger partial charge in [-0.1, -0.05) is 0 Å². The molecule has 0 aliphatic rings. The first kappa shape index (κ1) is 36.1. The van der Waals surface area contributed by atoms with Crippen molar-refractivity contribution >= 4 is 15.6 Å². The molecule has 0 aliphatic heterocycles. The second kappa shape index (κ2) is 14.7. The fourth-order valence-corrected chi connectivity index (χ4v) is 0. The Kier molecular flexibility index (Phi) is 37.8. The zero-order chi connectivity index (χ0) is 9.00. The second-order valence-corrected chi connectivity index (χ2v) is 2.68. The zero-order valence-electron chi connectivity index (χ0n) is 5.82. The smallest absolute Gasteiger partial charge is 0.822 e. The molecule has 0 saturated heterocycles. The van der Waals surface area contributed by atoms with Crippen LogP contribution in [0.25, 0.3) is 0 Å². The second-order valence-electron chi connectivity index (χ2n) is 0.894. The van der Waals surface area contributed by atoms with Gasteiger partial charge in [0, 0.05) is 0 Å². The van der Waals surface area contributed by atoms with Gasteiger partial charge in [0.15, 0.2) is 0 Å². The Hall–Kier alpha value is 1.66. The Bertz CT molecular complexity index is 135. The van der Waals surface area contributed by atoms with Crippen LogP contribution in [0, 0.1) is 0 Å². The quantitative estimate of drug-likeness (QED) is 0.312. The molecule has 0 spiro atoms. The standard InChI is InChI=1S/H3N.3Ni.2H3O4P/c;;;;2*1-5(2,3)4/h1H3;;;;2*(H3,1,2,3,4)/q;3*+2;;/p-6. The third-order valence-electron chi connectivity index (χ3n) is 0. The van der Waals surface area contributed by atoms with Gasteiger partial charge in [0.05, 0.1) is 0 Å². The molecule has 0 aromatic carbocycles. The van der Waals surface area contributed by atoms with Gasteiger partial charge < -0.3 is 44.6 Å². The Morgan fingerprint density at radius 2 is 0.571 bits per heavy atom. The summed E-state index contributed by atoms with van der Waals surface area (Å²) >= 11 is 0. The summed E-state index contributed by atoms with van der Waals surface area (Å²) < 4.78 is 17.1. The van der Waals surface area contributed by atoms with Crippen molar-refractivity contribution in [2.45, 2.75) is 0 Å². The first-order chi connectivity index (χ1) is 4.00. The van der Waals surface area contributed by atoms with Crippen molar-refractivity contribution in [1.82, 2.24) is 6.15 Å². The summed E-state index contributed by atoms with van der Waals surface area (Å²) in [7, 11) is -10.8.